The van der Waals surface area contributed by atoms with Crippen molar-refractivity contribution in [2.24, 2.45) is 0 Å². The molecule has 1 atom stereocenters. The molecule has 1 amide bonds. The summed E-state index contributed by atoms with van der Waals surface area (Å²) in [5, 5.41) is 1.19. The van der Waals surface area contributed by atoms with E-state index in [0.717, 1.165) is 63.1 Å². The Morgan fingerprint density at radius 1 is 1.19 bits per heavy atom. The largest absolute Gasteiger partial charge is 0.461 e. The topological polar surface area (TPSA) is 45.9 Å². The maximum Gasteiger partial charge on any atom is 0.243 e. The van der Waals surface area contributed by atoms with E-state index in [1.807, 2.05) is 17.0 Å². The molecule has 2 aliphatic heterocycles. The summed E-state index contributed by atoms with van der Waals surface area (Å²) in [4.78, 5) is 17.9. The molecule has 4 rings (SSSR count). The Balaban J connectivity index is 1.63. The first-order valence-electron chi connectivity index (χ1n) is 10.2. The Morgan fingerprint density at radius 2 is 1.96 bits per heavy atom. The third-order valence-electron chi connectivity index (χ3n) is 6.34. The van der Waals surface area contributed by atoms with E-state index in [9.17, 15) is 4.79 Å². The molecule has 1 unspecified atom stereocenters. The van der Waals surface area contributed by atoms with E-state index in [1.165, 1.54) is 10.9 Å². The van der Waals surface area contributed by atoms with Crippen LogP contribution in [0, 0.1) is 0 Å². The molecular formula is C22H30N2O3. The van der Waals surface area contributed by atoms with E-state index in [2.05, 4.69) is 24.0 Å². The SMILES string of the molecule is CCc1oc2ccccc2c1CN1CCCC12CCCN(CCOC)C2=O. The quantitative estimate of drug-likeness (QED) is 0.779. The standard InChI is InChI=1S/C22H30N2O3/c1-3-19-18(17-8-4-5-9-20(17)27-19)16-24-13-7-11-22(24)10-6-12-23(21(22)25)14-15-26-2/h4-5,8-9H,3,6-7,10-16H2,1-2H3. The number of para-hydroxylation sites is 1. The number of fused-ring (bicyclic) bond motifs is 1. The summed E-state index contributed by atoms with van der Waals surface area (Å²) >= 11 is 0. The van der Waals surface area contributed by atoms with Crippen molar-refractivity contribution in [3.05, 3.63) is 35.6 Å². The number of carbonyl (C=O) groups excluding carboxylic acids is 1. The van der Waals surface area contributed by atoms with Crippen LogP contribution >= 0.6 is 0 Å². The van der Waals surface area contributed by atoms with Gasteiger partial charge in [0.05, 0.1) is 6.61 Å². The lowest BCUT2D eigenvalue weighted by atomic mass is 9.85. The zero-order valence-corrected chi connectivity index (χ0v) is 16.5. The fraction of sp³-hybridized carbons (Fsp3) is 0.591. The number of piperidine rings is 1. The lowest BCUT2D eigenvalue weighted by molar-refractivity contribution is -0.148. The van der Waals surface area contributed by atoms with Gasteiger partial charge < -0.3 is 14.1 Å². The van der Waals surface area contributed by atoms with Crippen LogP contribution < -0.4 is 0 Å². The Bertz CT molecular complexity index is 815. The van der Waals surface area contributed by atoms with Crippen molar-refractivity contribution < 1.29 is 13.9 Å². The second-order valence-corrected chi connectivity index (χ2v) is 7.80. The number of nitrogens with zero attached hydrogens (tertiary/aromatic N) is 2. The number of hydrogen-bond donors (Lipinski definition) is 0. The third-order valence-corrected chi connectivity index (χ3v) is 6.34. The van der Waals surface area contributed by atoms with E-state index < -0.39 is 0 Å². The van der Waals surface area contributed by atoms with E-state index in [-0.39, 0.29) is 5.54 Å². The molecule has 1 spiro atoms. The van der Waals surface area contributed by atoms with Crippen molar-refractivity contribution in [1.82, 2.24) is 9.80 Å². The van der Waals surface area contributed by atoms with Crippen LogP contribution in [-0.2, 0) is 22.5 Å². The highest BCUT2D eigenvalue weighted by Gasteiger charge is 2.50. The second kappa shape index (κ2) is 7.64. The normalized spacial score (nSPS) is 23.8. The monoisotopic (exact) mass is 370 g/mol. The number of aryl methyl sites for hydroxylation is 1. The van der Waals surface area contributed by atoms with Crippen molar-refractivity contribution in [2.45, 2.75) is 51.1 Å². The fourth-order valence-corrected chi connectivity index (χ4v) is 4.97. The van der Waals surface area contributed by atoms with E-state index >= 15 is 0 Å². The molecule has 146 valence electrons. The molecule has 0 bridgehead atoms. The highest BCUT2D eigenvalue weighted by molar-refractivity contribution is 5.88. The molecule has 2 saturated heterocycles. The van der Waals surface area contributed by atoms with E-state index in [4.69, 9.17) is 9.15 Å². The van der Waals surface area contributed by atoms with Crippen LogP contribution in [0.2, 0.25) is 0 Å². The molecule has 2 fully saturated rings. The summed E-state index contributed by atoms with van der Waals surface area (Å²) in [6.45, 7) is 6.07. The fourth-order valence-electron chi connectivity index (χ4n) is 4.97. The lowest BCUT2D eigenvalue weighted by Gasteiger charge is -2.44. The molecule has 0 N–H and O–H groups in total. The molecule has 5 heteroatoms. The summed E-state index contributed by atoms with van der Waals surface area (Å²) in [5.41, 5.74) is 1.88. The smallest absolute Gasteiger partial charge is 0.243 e. The van der Waals surface area contributed by atoms with Crippen LogP contribution in [-0.4, -0.2) is 54.6 Å². The van der Waals surface area contributed by atoms with Crippen molar-refractivity contribution in [1.29, 1.82) is 0 Å². The van der Waals surface area contributed by atoms with Crippen molar-refractivity contribution in [2.75, 3.05) is 33.4 Å². The van der Waals surface area contributed by atoms with Crippen molar-refractivity contribution >= 4 is 16.9 Å². The number of benzene rings is 1. The summed E-state index contributed by atoms with van der Waals surface area (Å²) in [5.74, 6) is 1.35. The third kappa shape index (κ3) is 3.17. The van der Waals surface area contributed by atoms with Crippen molar-refractivity contribution in [3.8, 4) is 0 Å². The summed E-state index contributed by atoms with van der Waals surface area (Å²) in [7, 11) is 1.70. The molecule has 0 radical (unpaired) electrons. The first-order valence-corrected chi connectivity index (χ1v) is 10.2. The van der Waals surface area contributed by atoms with Gasteiger partial charge in [0.25, 0.3) is 0 Å². The number of likely N-dealkylation sites (tertiary alicyclic amines) is 2. The molecule has 3 heterocycles. The zero-order chi connectivity index (χ0) is 18.9. The first-order chi connectivity index (χ1) is 13.2. The molecule has 27 heavy (non-hydrogen) atoms. The van der Waals surface area contributed by atoms with Crippen LogP contribution in [0.4, 0.5) is 0 Å². The number of ether oxygens (including phenoxy) is 1. The Kier molecular flexibility index (Phi) is 5.24. The number of furan rings is 1. The van der Waals surface area contributed by atoms with E-state index in [1.54, 1.807) is 7.11 Å². The Labute approximate surface area is 161 Å². The Morgan fingerprint density at radius 3 is 2.74 bits per heavy atom. The van der Waals surface area contributed by atoms with Gasteiger partial charge in [-0.05, 0) is 38.3 Å². The molecule has 2 aliphatic rings. The molecule has 2 aromatic rings. The van der Waals surface area contributed by atoms with Gasteiger partial charge >= 0.3 is 0 Å². The van der Waals surface area contributed by atoms with Gasteiger partial charge in [0.1, 0.15) is 16.9 Å². The molecule has 5 nitrogen and oxygen atoms in total. The van der Waals surface area contributed by atoms with Crippen LogP contribution in [0.5, 0.6) is 0 Å². The van der Waals surface area contributed by atoms with Gasteiger partial charge in [0.2, 0.25) is 5.91 Å². The highest BCUT2D eigenvalue weighted by atomic mass is 16.5. The number of rotatable bonds is 6. The first kappa shape index (κ1) is 18.5. The molecular weight excluding hydrogens is 340 g/mol. The van der Waals surface area contributed by atoms with Crippen LogP contribution in [0.3, 0.4) is 0 Å². The van der Waals surface area contributed by atoms with Crippen LogP contribution in [0.15, 0.2) is 28.7 Å². The van der Waals surface area contributed by atoms with Gasteiger partial charge in [-0.3, -0.25) is 9.69 Å². The predicted octanol–water partition coefficient (Wildman–Crippen LogP) is 3.60. The minimum Gasteiger partial charge on any atom is -0.461 e. The second-order valence-electron chi connectivity index (χ2n) is 7.80. The molecule has 1 aromatic carbocycles. The van der Waals surface area contributed by atoms with Crippen LogP contribution in [0.25, 0.3) is 11.0 Å². The average Bonchev–Trinajstić information content (AvgIpc) is 3.25. The predicted molar refractivity (Wildman–Crippen MR) is 106 cm³/mol. The lowest BCUT2D eigenvalue weighted by Crippen LogP contribution is -2.60. The summed E-state index contributed by atoms with van der Waals surface area (Å²) in [6.07, 6.45) is 4.96. The number of carbonyl (C=O) groups is 1. The number of hydrogen-bond acceptors (Lipinski definition) is 4. The van der Waals surface area contributed by atoms with E-state index in [0.29, 0.717) is 19.1 Å². The number of amides is 1. The summed E-state index contributed by atoms with van der Waals surface area (Å²) < 4.78 is 11.3. The van der Waals surface area contributed by atoms with Gasteiger partial charge in [-0.1, -0.05) is 25.1 Å². The molecule has 0 saturated carbocycles. The zero-order valence-electron chi connectivity index (χ0n) is 16.5. The van der Waals surface area contributed by atoms with Gasteiger partial charge in [0, 0.05) is 44.1 Å². The minimum absolute atomic E-state index is 0.300. The van der Waals surface area contributed by atoms with Crippen LogP contribution in [0.1, 0.15) is 43.9 Å². The maximum atomic E-state index is 13.4. The average molecular weight is 370 g/mol. The minimum atomic E-state index is -0.338. The molecule has 0 aliphatic carbocycles. The number of methoxy groups -OCH3 is 1. The summed E-state index contributed by atoms with van der Waals surface area (Å²) in [6, 6.07) is 8.27. The maximum absolute atomic E-state index is 13.4. The van der Waals surface area contributed by atoms with Crippen molar-refractivity contribution in [3.63, 3.8) is 0 Å². The van der Waals surface area contributed by atoms with Gasteiger partial charge in [-0.25, -0.2) is 0 Å². The van der Waals surface area contributed by atoms with Gasteiger partial charge in [0.15, 0.2) is 0 Å². The van der Waals surface area contributed by atoms with Gasteiger partial charge in [-0.2, -0.15) is 0 Å². The highest BCUT2D eigenvalue weighted by Crippen LogP contribution is 2.40. The molecule has 1 aromatic heterocycles. The van der Waals surface area contributed by atoms with Gasteiger partial charge in [-0.15, -0.1) is 0 Å². The Hall–Kier alpha value is -1.85.